The van der Waals surface area contributed by atoms with E-state index in [2.05, 4.69) is 25.4 Å². The summed E-state index contributed by atoms with van der Waals surface area (Å²) in [5.74, 6) is -0.499. The fourth-order valence-corrected chi connectivity index (χ4v) is 3.18. The van der Waals surface area contributed by atoms with E-state index in [0.29, 0.717) is 38.9 Å². The Hall–Kier alpha value is -4.01. The van der Waals surface area contributed by atoms with E-state index < -0.39 is 5.91 Å². The number of hydrogen-bond acceptors (Lipinski definition) is 6. The second-order valence-corrected chi connectivity index (χ2v) is 5.81. The minimum absolute atomic E-state index is 0.138. The van der Waals surface area contributed by atoms with E-state index in [1.807, 2.05) is 42.5 Å². The van der Waals surface area contributed by atoms with E-state index in [0.717, 1.165) is 0 Å². The molecule has 0 fully saturated rings. The van der Waals surface area contributed by atoms with E-state index in [1.54, 1.807) is 4.57 Å². The molecule has 0 saturated carbocycles. The molecule has 0 atom stereocenters. The molecule has 26 heavy (non-hydrogen) atoms. The number of aromatic nitrogens is 6. The lowest BCUT2D eigenvalue weighted by molar-refractivity contribution is 0.100. The normalized spacial score (nSPS) is 11.5. The van der Waals surface area contributed by atoms with Crippen LogP contribution in [0.3, 0.4) is 0 Å². The Morgan fingerprint density at radius 1 is 0.923 bits per heavy atom. The largest absolute Gasteiger partial charge is 0.384 e. The molecule has 5 rings (SSSR count). The number of amides is 1. The minimum Gasteiger partial charge on any atom is -0.384 e. The zero-order valence-electron chi connectivity index (χ0n) is 13.3. The highest BCUT2D eigenvalue weighted by molar-refractivity contribution is 6.11. The summed E-state index contributed by atoms with van der Waals surface area (Å²) in [6.07, 6.45) is 0. The molecule has 5 aromatic rings. The average Bonchev–Trinajstić information content (AvgIpc) is 3.21. The lowest BCUT2D eigenvalue weighted by atomic mass is 10.2. The maximum Gasteiger partial charge on any atom is 0.254 e. The molecular formula is C17H12N8O. The number of nitrogens with two attached hydrogens (primary N) is 2. The molecule has 2 aromatic carbocycles. The number of hydrogen-bond donors (Lipinski definition) is 3. The molecule has 9 nitrogen and oxygen atoms in total. The zero-order chi connectivity index (χ0) is 17.8. The maximum atomic E-state index is 12.1. The lowest BCUT2D eigenvalue weighted by Crippen LogP contribution is -2.14. The number of H-pyrrole nitrogens is 1. The molecule has 3 aromatic heterocycles. The third kappa shape index (κ3) is 1.82. The molecule has 0 radical (unpaired) electrons. The number of primary amides is 1. The number of fused-ring (bicyclic) bond motifs is 3. The quantitative estimate of drug-likeness (QED) is 0.443. The standard InChI is InChI=1S/C17H12N8O/c18-15-12(16(19)26)14-17(21-9-5-2-1-4-8(9)20-14)25(15)11-7-3-6-10-13(11)23-24-22-10/h1-7H,18H2,(H2,19,26)(H,22,23,24). The van der Waals surface area contributed by atoms with E-state index in [-0.39, 0.29) is 11.4 Å². The molecular weight excluding hydrogens is 332 g/mol. The van der Waals surface area contributed by atoms with Gasteiger partial charge in [0.25, 0.3) is 5.91 Å². The third-order valence-electron chi connectivity index (χ3n) is 4.31. The van der Waals surface area contributed by atoms with Gasteiger partial charge in [-0.1, -0.05) is 18.2 Å². The van der Waals surface area contributed by atoms with Gasteiger partial charge in [0.2, 0.25) is 0 Å². The smallest absolute Gasteiger partial charge is 0.254 e. The summed E-state index contributed by atoms with van der Waals surface area (Å²) in [6.45, 7) is 0. The number of rotatable bonds is 2. The van der Waals surface area contributed by atoms with Gasteiger partial charge in [0.05, 0.1) is 16.7 Å². The first kappa shape index (κ1) is 14.3. The van der Waals surface area contributed by atoms with E-state index in [9.17, 15) is 4.79 Å². The van der Waals surface area contributed by atoms with Crippen LogP contribution < -0.4 is 11.5 Å². The van der Waals surface area contributed by atoms with Crippen LogP contribution in [0.5, 0.6) is 0 Å². The molecule has 126 valence electrons. The summed E-state index contributed by atoms with van der Waals surface area (Å²) < 4.78 is 1.64. The topological polar surface area (TPSA) is 141 Å². The van der Waals surface area contributed by atoms with Crippen LogP contribution in [0.1, 0.15) is 10.4 Å². The molecule has 0 spiro atoms. The molecule has 9 heteroatoms. The van der Waals surface area contributed by atoms with Crippen molar-refractivity contribution in [3.63, 3.8) is 0 Å². The summed E-state index contributed by atoms with van der Waals surface area (Å²) >= 11 is 0. The van der Waals surface area contributed by atoms with Gasteiger partial charge in [-0.25, -0.2) is 9.97 Å². The molecule has 0 bridgehead atoms. The van der Waals surface area contributed by atoms with Gasteiger partial charge in [-0.3, -0.25) is 9.36 Å². The molecule has 3 heterocycles. The van der Waals surface area contributed by atoms with E-state index >= 15 is 0 Å². The Morgan fingerprint density at radius 2 is 1.65 bits per heavy atom. The van der Waals surface area contributed by atoms with Crippen molar-refractivity contribution >= 4 is 45.0 Å². The minimum atomic E-state index is -0.664. The van der Waals surface area contributed by atoms with Gasteiger partial charge in [-0.15, -0.1) is 0 Å². The zero-order valence-corrected chi connectivity index (χ0v) is 13.3. The SMILES string of the molecule is NC(=O)c1c(N)n(-c2cccc3n[nH]nc23)c2nc3ccccc3nc12. The Bertz CT molecular complexity index is 1330. The van der Waals surface area contributed by atoms with E-state index in [1.165, 1.54) is 0 Å². The van der Waals surface area contributed by atoms with Gasteiger partial charge in [0, 0.05) is 0 Å². The van der Waals surface area contributed by atoms with Crippen molar-refractivity contribution in [1.82, 2.24) is 29.9 Å². The van der Waals surface area contributed by atoms with E-state index in [4.69, 9.17) is 11.5 Å². The Balaban J connectivity index is 1.99. The fourth-order valence-electron chi connectivity index (χ4n) is 3.18. The number of nitrogen functional groups attached to an aromatic ring is 1. The van der Waals surface area contributed by atoms with Crippen molar-refractivity contribution in [2.45, 2.75) is 0 Å². The second-order valence-electron chi connectivity index (χ2n) is 5.81. The summed E-state index contributed by atoms with van der Waals surface area (Å²) in [6, 6.07) is 12.8. The lowest BCUT2D eigenvalue weighted by Gasteiger charge is -2.08. The number of anilines is 1. The predicted octanol–water partition coefficient (Wildman–Crippen LogP) is 1.53. The molecule has 5 N–H and O–H groups in total. The average molecular weight is 344 g/mol. The first-order valence-electron chi connectivity index (χ1n) is 7.81. The Labute approximate surface area is 145 Å². The maximum absolute atomic E-state index is 12.1. The van der Waals surface area contributed by atoms with Crippen molar-refractivity contribution in [3.8, 4) is 5.69 Å². The monoisotopic (exact) mass is 344 g/mol. The van der Waals surface area contributed by atoms with Crippen LogP contribution in [0.15, 0.2) is 42.5 Å². The van der Waals surface area contributed by atoms with Gasteiger partial charge >= 0.3 is 0 Å². The van der Waals surface area contributed by atoms with Gasteiger partial charge < -0.3 is 11.5 Å². The Morgan fingerprint density at radius 3 is 2.42 bits per heavy atom. The summed E-state index contributed by atoms with van der Waals surface area (Å²) in [4.78, 5) is 21.3. The number of nitrogens with zero attached hydrogens (tertiary/aromatic N) is 5. The molecule has 0 aliphatic carbocycles. The van der Waals surface area contributed by atoms with Crippen molar-refractivity contribution in [2.24, 2.45) is 5.73 Å². The summed E-state index contributed by atoms with van der Waals surface area (Å²) in [7, 11) is 0. The third-order valence-corrected chi connectivity index (χ3v) is 4.31. The Kier molecular flexibility index (Phi) is 2.75. The van der Waals surface area contributed by atoms with Crippen molar-refractivity contribution < 1.29 is 4.79 Å². The molecule has 0 saturated heterocycles. The van der Waals surface area contributed by atoms with Gasteiger partial charge in [-0.05, 0) is 24.3 Å². The van der Waals surface area contributed by atoms with Crippen molar-refractivity contribution in [3.05, 3.63) is 48.0 Å². The highest BCUT2D eigenvalue weighted by atomic mass is 16.1. The number of carbonyl (C=O) groups excluding carboxylic acids is 1. The van der Waals surface area contributed by atoms with Crippen molar-refractivity contribution in [1.29, 1.82) is 0 Å². The highest BCUT2D eigenvalue weighted by Gasteiger charge is 2.24. The highest BCUT2D eigenvalue weighted by Crippen LogP contribution is 2.32. The van der Waals surface area contributed by atoms with Crippen LogP contribution in [0.2, 0.25) is 0 Å². The first-order valence-corrected chi connectivity index (χ1v) is 7.81. The molecule has 0 unspecified atom stereocenters. The predicted molar refractivity (Wildman–Crippen MR) is 96.7 cm³/mol. The van der Waals surface area contributed by atoms with Gasteiger partial charge in [0.15, 0.2) is 5.65 Å². The van der Waals surface area contributed by atoms with Crippen LogP contribution in [0, 0.1) is 0 Å². The van der Waals surface area contributed by atoms with Crippen LogP contribution in [0.25, 0.3) is 38.9 Å². The molecule has 1 amide bonds. The molecule has 0 aliphatic heterocycles. The van der Waals surface area contributed by atoms with Crippen LogP contribution in [0.4, 0.5) is 5.82 Å². The molecule has 0 aliphatic rings. The van der Waals surface area contributed by atoms with Crippen LogP contribution in [-0.4, -0.2) is 35.9 Å². The number of benzene rings is 2. The first-order chi connectivity index (χ1) is 12.6. The number of nitrogens with one attached hydrogen (secondary N) is 1. The fraction of sp³-hybridized carbons (Fsp3) is 0. The number of para-hydroxylation sites is 3. The van der Waals surface area contributed by atoms with Gasteiger partial charge in [0.1, 0.15) is 27.9 Å². The summed E-state index contributed by atoms with van der Waals surface area (Å²) in [5.41, 5.74) is 16.0. The van der Waals surface area contributed by atoms with Crippen LogP contribution in [-0.2, 0) is 0 Å². The van der Waals surface area contributed by atoms with Crippen molar-refractivity contribution in [2.75, 3.05) is 5.73 Å². The summed E-state index contributed by atoms with van der Waals surface area (Å²) in [5, 5.41) is 10.9. The van der Waals surface area contributed by atoms with Crippen LogP contribution >= 0.6 is 0 Å². The number of aromatic amines is 1. The number of carbonyl (C=O) groups is 1. The van der Waals surface area contributed by atoms with Gasteiger partial charge in [-0.2, -0.15) is 15.4 Å². The second kappa shape index (κ2) is 4.99.